The van der Waals surface area contributed by atoms with E-state index in [1.807, 2.05) is 12.1 Å². The summed E-state index contributed by atoms with van der Waals surface area (Å²) in [6.07, 6.45) is 1.79. The summed E-state index contributed by atoms with van der Waals surface area (Å²) in [6, 6.07) is 18.8. The number of amides is 1. The maximum atomic E-state index is 12.4. The van der Waals surface area contributed by atoms with E-state index in [9.17, 15) is 9.59 Å². The SMILES string of the molecule is COOC(=O)OCN1C(=O)CCc2ccc(OCCCCN3CCN(c4cccc5ccccc45)CC3)nc21. The Morgan fingerprint density at radius 3 is 2.62 bits per heavy atom. The van der Waals surface area contributed by atoms with Crippen molar-refractivity contribution in [2.45, 2.75) is 25.7 Å². The molecule has 206 valence electrons. The van der Waals surface area contributed by atoms with E-state index in [0.717, 1.165) is 51.1 Å². The van der Waals surface area contributed by atoms with E-state index in [1.165, 1.54) is 28.5 Å². The van der Waals surface area contributed by atoms with Gasteiger partial charge >= 0.3 is 6.16 Å². The van der Waals surface area contributed by atoms with Crippen molar-refractivity contribution in [3.8, 4) is 5.88 Å². The maximum Gasteiger partial charge on any atom is 0.542 e. The molecule has 1 aromatic heterocycles. The molecule has 2 aromatic carbocycles. The van der Waals surface area contributed by atoms with E-state index in [1.54, 1.807) is 0 Å². The summed E-state index contributed by atoms with van der Waals surface area (Å²) < 4.78 is 10.8. The molecule has 0 bridgehead atoms. The number of piperazine rings is 1. The highest BCUT2D eigenvalue weighted by atomic mass is 17.2. The lowest BCUT2D eigenvalue weighted by molar-refractivity contribution is -0.231. The normalized spacial score (nSPS) is 15.8. The summed E-state index contributed by atoms with van der Waals surface area (Å²) in [5.74, 6) is 0.701. The maximum absolute atomic E-state index is 12.4. The van der Waals surface area contributed by atoms with Crippen LogP contribution in [0.5, 0.6) is 5.88 Å². The van der Waals surface area contributed by atoms with Crippen LogP contribution in [0.2, 0.25) is 0 Å². The molecule has 3 aromatic rings. The molecule has 2 aliphatic heterocycles. The molecule has 1 fully saturated rings. The first-order chi connectivity index (χ1) is 19.1. The van der Waals surface area contributed by atoms with Gasteiger partial charge in [0.05, 0.1) is 13.7 Å². The predicted molar refractivity (Wildman–Crippen MR) is 147 cm³/mol. The number of hydrogen-bond donors (Lipinski definition) is 0. The first-order valence-corrected chi connectivity index (χ1v) is 13.4. The molecule has 10 nitrogen and oxygen atoms in total. The first kappa shape index (κ1) is 26.7. The fourth-order valence-electron chi connectivity index (χ4n) is 5.12. The molecule has 0 atom stereocenters. The summed E-state index contributed by atoms with van der Waals surface area (Å²) in [5, 5.41) is 2.60. The number of nitrogens with zero attached hydrogens (tertiary/aromatic N) is 4. The van der Waals surface area contributed by atoms with Gasteiger partial charge in [-0.2, -0.15) is 9.87 Å². The summed E-state index contributed by atoms with van der Waals surface area (Å²) in [6.45, 7) is 5.38. The van der Waals surface area contributed by atoms with Crippen LogP contribution >= 0.6 is 0 Å². The van der Waals surface area contributed by atoms with Gasteiger partial charge in [-0.1, -0.05) is 36.4 Å². The Labute approximate surface area is 227 Å². The Morgan fingerprint density at radius 2 is 1.77 bits per heavy atom. The average Bonchev–Trinajstić information content (AvgIpc) is 2.96. The van der Waals surface area contributed by atoms with Crippen molar-refractivity contribution in [3.63, 3.8) is 0 Å². The summed E-state index contributed by atoms with van der Waals surface area (Å²) in [4.78, 5) is 43.3. The lowest BCUT2D eigenvalue weighted by atomic mass is 10.1. The molecule has 39 heavy (non-hydrogen) atoms. The Bertz CT molecular complexity index is 1290. The number of hydrogen-bond acceptors (Lipinski definition) is 9. The monoisotopic (exact) mass is 534 g/mol. The molecule has 1 amide bonds. The van der Waals surface area contributed by atoms with Crippen molar-refractivity contribution in [3.05, 3.63) is 60.2 Å². The number of aryl methyl sites for hydroxylation is 1. The standard InChI is InChI=1S/C29H34N4O6/c1-36-39-29(35)38-21-33-27(34)14-12-23-11-13-26(30-28(23)33)37-20-5-4-15-31-16-18-32(19-17-31)25-10-6-8-22-7-2-3-9-24(22)25/h2-3,6-11,13H,4-5,12,14-21H2,1H3. The van der Waals surface area contributed by atoms with Crippen LogP contribution in [0.15, 0.2) is 54.6 Å². The topological polar surface area (TPSA) is 93.7 Å². The van der Waals surface area contributed by atoms with Gasteiger partial charge in [0.2, 0.25) is 11.8 Å². The molecule has 3 heterocycles. The van der Waals surface area contributed by atoms with Gasteiger partial charge in [0.15, 0.2) is 6.73 Å². The minimum atomic E-state index is -1.03. The number of carbonyl (C=O) groups excluding carboxylic acids is 2. The molecule has 0 N–H and O–H groups in total. The highest BCUT2D eigenvalue weighted by molar-refractivity contribution is 5.95. The predicted octanol–water partition coefficient (Wildman–Crippen LogP) is 4.17. The van der Waals surface area contributed by atoms with Crippen molar-refractivity contribution in [2.75, 3.05) is 63.0 Å². The Hall–Kier alpha value is -3.89. The van der Waals surface area contributed by atoms with E-state index in [-0.39, 0.29) is 12.6 Å². The largest absolute Gasteiger partial charge is 0.542 e. The zero-order chi connectivity index (χ0) is 27.0. The first-order valence-electron chi connectivity index (χ1n) is 13.4. The molecule has 10 heteroatoms. The summed E-state index contributed by atoms with van der Waals surface area (Å²) in [7, 11) is 1.20. The molecule has 0 aliphatic carbocycles. The van der Waals surface area contributed by atoms with Crippen LogP contribution in [0.4, 0.5) is 16.3 Å². The molecular weight excluding hydrogens is 500 g/mol. The second-order valence-electron chi connectivity index (χ2n) is 9.61. The number of ether oxygens (including phenoxy) is 2. The zero-order valence-corrected chi connectivity index (χ0v) is 22.2. The van der Waals surface area contributed by atoms with Gasteiger partial charge in [0.25, 0.3) is 0 Å². The Morgan fingerprint density at radius 1 is 0.949 bits per heavy atom. The number of fused-ring (bicyclic) bond motifs is 2. The van der Waals surface area contributed by atoms with Gasteiger partial charge in [0.1, 0.15) is 5.82 Å². The van der Waals surface area contributed by atoms with E-state index in [4.69, 9.17) is 9.47 Å². The third-order valence-corrected chi connectivity index (χ3v) is 7.16. The van der Waals surface area contributed by atoms with E-state index in [0.29, 0.717) is 31.1 Å². The number of unbranched alkanes of at least 4 members (excludes halogenated alkanes) is 1. The average molecular weight is 535 g/mol. The van der Waals surface area contributed by atoms with Crippen LogP contribution in [0, 0.1) is 0 Å². The van der Waals surface area contributed by atoms with Crippen LogP contribution in [-0.2, 0) is 25.7 Å². The van der Waals surface area contributed by atoms with Gasteiger partial charge in [-0.3, -0.25) is 19.5 Å². The molecule has 0 radical (unpaired) electrons. The highest BCUT2D eigenvalue weighted by Crippen LogP contribution is 2.29. The van der Waals surface area contributed by atoms with Crippen molar-refractivity contribution in [1.29, 1.82) is 0 Å². The summed E-state index contributed by atoms with van der Waals surface area (Å²) >= 11 is 0. The van der Waals surface area contributed by atoms with Crippen LogP contribution in [0.1, 0.15) is 24.8 Å². The second-order valence-corrected chi connectivity index (χ2v) is 9.61. The molecule has 1 saturated heterocycles. The second kappa shape index (κ2) is 12.8. The quantitative estimate of drug-likeness (QED) is 0.164. The fraction of sp³-hybridized carbons (Fsp3) is 0.414. The minimum Gasteiger partial charge on any atom is -0.478 e. The van der Waals surface area contributed by atoms with Crippen LogP contribution in [-0.4, -0.2) is 75.1 Å². The lowest BCUT2D eigenvalue weighted by Crippen LogP contribution is -2.46. The van der Waals surface area contributed by atoms with Crippen LogP contribution in [0.3, 0.4) is 0 Å². The lowest BCUT2D eigenvalue weighted by Gasteiger charge is -2.36. The van der Waals surface area contributed by atoms with Gasteiger partial charge in [0, 0.05) is 49.7 Å². The van der Waals surface area contributed by atoms with Crippen LogP contribution < -0.4 is 14.5 Å². The molecule has 0 unspecified atom stereocenters. The number of aromatic nitrogens is 1. The molecular formula is C29H34N4O6. The van der Waals surface area contributed by atoms with E-state index >= 15 is 0 Å². The Balaban J connectivity index is 1.06. The van der Waals surface area contributed by atoms with Crippen LogP contribution in [0.25, 0.3) is 10.8 Å². The number of benzene rings is 2. The Kier molecular flexibility index (Phi) is 8.75. The van der Waals surface area contributed by atoms with Gasteiger partial charge < -0.3 is 14.4 Å². The van der Waals surface area contributed by atoms with Gasteiger partial charge in [-0.15, -0.1) is 0 Å². The van der Waals surface area contributed by atoms with Crippen molar-refractivity contribution < 1.29 is 28.8 Å². The third kappa shape index (κ3) is 6.58. The molecule has 0 spiro atoms. The number of anilines is 2. The third-order valence-electron chi connectivity index (χ3n) is 7.16. The fourth-order valence-corrected chi connectivity index (χ4v) is 5.12. The molecule has 5 rings (SSSR count). The van der Waals surface area contributed by atoms with Crippen molar-refractivity contribution in [2.24, 2.45) is 0 Å². The van der Waals surface area contributed by atoms with E-state index in [2.05, 4.69) is 67.0 Å². The van der Waals surface area contributed by atoms with E-state index < -0.39 is 6.16 Å². The highest BCUT2D eigenvalue weighted by Gasteiger charge is 2.27. The van der Waals surface area contributed by atoms with Gasteiger partial charge in [-0.25, -0.2) is 4.79 Å². The molecule has 0 saturated carbocycles. The van der Waals surface area contributed by atoms with Gasteiger partial charge in [-0.05, 0) is 48.9 Å². The van der Waals surface area contributed by atoms with Crippen molar-refractivity contribution in [1.82, 2.24) is 9.88 Å². The summed E-state index contributed by atoms with van der Waals surface area (Å²) in [5.41, 5.74) is 2.22. The smallest absolute Gasteiger partial charge is 0.478 e. The number of rotatable bonds is 10. The van der Waals surface area contributed by atoms with Crippen molar-refractivity contribution >= 4 is 34.3 Å². The number of pyridine rings is 1. The minimum absolute atomic E-state index is 0.182. The number of carbonyl (C=O) groups is 2. The molecule has 2 aliphatic rings. The zero-order valence-electron chi connectivity index (χ0n) is 22.2.